The van der Waals surface area contributed by atoms with Gasteiger partial charge in [0.1, 0.15) is 5.75 Å². The first-order valence-electron chi connectivity index (χ1n) is 9.51. The Hall–Kier alpha value is -2.47. The molecule has 3 rings (SSSR count). The van der Waals surface area contributed by atoms with Crippen molar-refractivity contribution in [2.24, 2.45) is 0 Å². The average Bonchev–Trinajstić information content (AvgIpc) is 2.93. The molecule has 2 aromatic carbocycles. The minimum Gasteiger partial charge on any atom is -0.484 e. The summed E-state index contributed by atoms with van der Waals surface area (Å²) in [5.41, 5.74) is 2.78. The van der Waals surface area contributed by atoms with Crippen LogP contribution >= 0.6 is 12.6 Å². The molecule has 28 heavy (non-hydrogen) atoms. The molecule has 5 nitrogen and oxygen atoms in total. The first kappa shape index (κ1) is 20.3. The maximum atomic E-state index is 12.8. The first-order chi connectivity index (χ1) is 13.5. The molecular weight excluding hydrogens is 372 g/mol. The van der Waals surface area contributed by atoms with E-state index in [1.165, 1.54) is 0 Å². The molecule has 2 amide bonds. The molecule has 148 valence electrons. The highest BCUT2D eigenvalue weighted by molar-refractivity contribution is 7.80. The normalized spacial score (nSPS) is 14.5. The van der Waals surface area contributed by atoms with Gasteiger partial charge in [0.25, 0.3) is 11.8 Å². The van der Waals surface area contributed by atoms with Crippen LogP contribution in [-0.4, -0.2) is 54.4 Å². The summed E-state index contributed by atoms with van der Waals surface area (Å²) in [4.78, 5) is 29.6. The monoisotopic (exact) mass is 398 g/mol. The van der Waals surface area contributed by atoms with E-state index in [1.54, 1.807) is 15.9 Å². The summed E-state index contributed by atoms with van der Waals surface area (Å²) in [6, 6.07) is 13.2. The van der Waals surface area contributed by atoms with E-state index in [9.17, 15) is 9.59 Å². The van der Waals surface area contributed by atoms with Gasteiger partial charge in [0.15, 0.2) is 6.61 Å². The highest BCUT2D eigenvalue weighted by Crippen LogP contribution is 2.19. The van der Waals surface area contributed by atoms with Crippen LogP contribution in [0.1, 0.15) is 27.9 Å². The second-order valence-corrected chi connectivity index (χ2v) is 7.58. The summed E-state index contributed by atoms with van der Waals surface area (Å²) < 4.78 is 5.73. The number of nitrogens with zero attached hydrogens (tertiary/aromatic N) is 2. The van der Waals surface area contributed by atoms with Gasteiger partial charge in [0.05, 0.1) is 5.56 Å². The van der Waals surface area contributed by atoms with E-state index in [-0.39, 0.29) is 18.4 Å². The lowest BCUT2D eigenvalue weighted by Crippen LogP contribution is -2.39. The van der Waals surface area contributed by atoms with Crippen LogP contribution in [0.2, 0.25) is 0 Å². The summed E-state index contributed by atoms with van der Waals surface area (Å²) >= 11 is 4.38. The van der Waals surface area contributed by atoms with Gasteiger partial charge in [0, 0.05) is 31.1 Å². The predicted molar refractivity (Wildman–Crippen MR) is 112 cm³/mol. The van der Waals surface area contributed by atoms with Crippen molar-refractivity contribution >= 4 is 24.4 Å². The van der Waals surface area contributed by atoms with Gasteiger partial charge in [-0.2, -0.15) is 0 Å². The molecular formula is C22H26N2O3S. The molecule has 1 aliphatic rings. The summed E-state index contributed by atoms with van der Waals surface area (Å²) in [7, 11) is 0. The summed E-state index contributed by atoms with van der Waals surface area (Å²) in [6.45, 7) is 6.28. The summed E-state index contributed by atoms with van der Waals surface area (Å²) in [5.74, 6) is 0.645. The Balaban J connectivity index is 1.56. The van der Waals surface area contributed by atoms with E-state index >= 15 is 0 Å². The fourth-order valence-corrected chi connectivity index (χ4v) is 3.64. The van der Waals surface area contributed by atoms with E-state index < -0.39 is 0 Å². The predicted octanol–water partition coefficient (Wildman–Crippen LogP) is 3.35. The molecule has 0 unspecified atom stereocenters. The molecule has 0 saturated carbocycles. The van der Waals surface area contributed by atoms with Crippen LogP contribution in [0.3, 0.4) is 0 Å². The third kappa shape index (κ3) is 4.87. The second kappa shape index (κ2) is 9.15. The van der Waals surface area contributed by atoms with Gasteiger partial charge >= 0.3 is 0 Å². The number of amides is 2. The standard InChI is InChI=1S/C22H26N2O3S/c1-16-8-9-19(17(2)14-16)27-15-21(25)23-10-5-11-24(13-12-23)22(26)18-6-3-4-7-20(18)28/h3-4,6-9,14,28H,5,10-13,15H2,1-2H3. The number of hydrogen-bond acceptors (Lipinski definition) is 4. The van der Waals surface area contributed by atoms with Crippen LogP contribution in [0, 0.1) is 13.8 Å². The molecule has 0 radical (unpaired) electrons. The second-order valence-electron chi connectivity index (χ2n) is 7.10. The number of ether oxygens (including phenoxy) is 1. The van der Waals surface area contributed by atoms with E-state index in [1.807, 2.05) is 50.2 Å². The van der Waals surface area contributed by atoms with E-state index in [4.69, 9.17) is 4.74 Å². The molecule has 0 N–H and O–H groups in total. The first-order valence-corrected chi connectivity index (χ1v) is 9.95. The number of carbonyl (C=O) groups is 2. The van der Waals surface area contributed by atoms with Crippen molar-refractivity contribution in [1.82, 2.24) is 9.80 Å². The van der Waals surface area contributed by atoms with Crippen molar-refractivity contribution in [2.75, 3.05) is 32.8 Å². The Morgan fingerprint density at radius 2 is 1.71 bits per heavy atom. The van der Waals surface area contributed by atoms with Gasteiger partial charge in [-0.05, 0) is 44.0 Å². The lowest BCUT2D eigenvalue weighted by Gasteiger charge is -2.23. The Morgan fingerprint density at radius 3 is 2.46 bits per heavy atom. The Labute approximate surface area is 171 Å². The smallest absolute Gasteiger partial charge is 0.260 e. The molecule has 6 heteroatoms. The van der Waals surface area contributed by atoms with Crippen molar-refractivity contribution in [3.63, 3.8) is 0 Å². The van der Waals surface area contributed by atoms with Crippen LogP contribution in [0.15, 0.2) is 47.4 Å². The Kier molecular flexibility index (Phi) is 6.62. The fourth-order valence-electron chi connectivity index (χ4n) is 3.39. The minimum atomic E-state index is -0.0520. The van der Waals surface area contributed by atoms with Gasteiger partial charge in [-0.15, -0.1) is 12.6 Å². The maximum absolute atomic E-state index is 12.8. The third-order valence-corrected chi connectivity index (χ3v) is 5.34. The number of thiol groups is 1. The highest BCUT2D eigenvalue weighted by atomic mass is 32.1. The molecule has 1 fully saturated rings. The zero-order valence-electron chi connectivity index (χ0n) is 16.4. The lowest BCUT2D eigenvalue weighted by molar-refractivity contribution is -0.133. The fraction of sp³-hybridized carbons (Fsp3) is 0.364. The molecule has 1 saturated heterocycles. The maximum Gasteiger partial charge on any atom is 0.260 e. The topological polar surface area (TPSA) is 49.9 Å². The molecule has 0 spiro atoms. The number of carbonyl (C=O) groups excluding carboxylic acids is 2. The molecule has 0 aromatic heterocycles. The molecule has 0 bridgehead atoms. The average molecular weight is 399 g/mol. The van der Waals surface area contributed by atoms with Crippen LogP contribution in [0.4, 0.5) is 0 Å². The Morgan fingerprint density at radius 1 is 1.00 bits per heavy atom. The summed E-state index contributed by atoms with van der Waals surface area (Å²) in [6.07, 6.45) is 0.746. The molecule has 2 aromatic rings. The van der Waals surface area contributed by atoms with Gasteiger partial charge < -0.3 is 14.5 Å². The Bertz CT molecular complexity index is 869. The van der Waals surface area contributed by atoms with Crippen molar-refractivity contribution in [2.45, 2.75) is 25.2 Å². The van der Waals surface area contributed by atoms with Crippen molar-refractivity contribution < 1.29 is 14.3 Å². The number of aryl methyl sites for hydroxylation is 2. The van der Waals surface area contributed by atoms with Gasteiger partial charge in [-0.3, -0.25) is 9.59 Å². The van der Waals surface area contributed by atoms with Crippen molar-refractivity contribution in [1.29, 1.82) is 0 Å². The number of hydrogen-bond donors (Lipinski definition) is 1. The molecule has 0 aliphatic carbocycles. The van der Waals surface area contributed by atoms with Crippen LogP contribution in [0.25, 0.3) is 0 Å². The van der Waals surface area contributed by atoms with Crippen LogP contribution < -0.4 is 4.74 Å². The molecule has 1 aliphatic heterocycles. The van der Waals surface area contributed by atoms with Crippen LogP contribution in [0.5, 0.6) is 5.75 Å². The van der Waals surface area contributed by atoms with Gasteiger partial charge in [-0.1, -0.05) is 29.8 Å². The van der Waals surface area contributed by atoms with Crippen LogP contribution in [-0.2, 0) is 4.79 Å². The largest absolute Gasteiger partial charge is 0.484 e. The van der Waals surface area contributed by atoms with Gasteiger partial charge in [-0.25, -0.2) is 0 Å². The molecule has 0 atom stereocenters. The third-order valence-electron chi connectivity index (χ3n) is 4.95. The van der Waals surface area contributed by atoms with E-state index in [2.05, 4.69) is 12.6 Å². The number of benzene rings is 2. The van der Waals surface area contributed by atoms with Crippen molar-refractivity contribution in [3.8, 4) is 5.75 Å². The van der Waals surface area contributed by atoms with E-state index in [0.717, 1.165) is 23.3 Å². The molecule has 1 heterocycles. The minimum absolute atomic E-state index is 0.0112. The highest BCUT2D eigenvalue weighted by Gasteiger charge is 2.24. The summed E-state index contributed by atoms with van der Waals surface area (Å²) in [5, 5.41) is 0. The SMILES string of the molecule is Cc1ccc(OCC(=O)N2CCCN(C(=O)c3ccccc3S)CC2)c(C)c1. The van der Waals surface area contributed by atoms with Gasteiger partial charge in [0.2, 0.25) is 0 Å². The van der Waals surface area contributed by atoms with E-state index in [0.29, 0.717) is 36.6 Å². The number of rotatable bonds is 4. The zero-order chi connectivity index (χ0) is 20.1. The lowest BCUT2D eigenvalue weighted by atomic mass is 10.1. The quantitative estimate of drug-likeness (QED) is 0.804. The zero-order valence-corrected chi connectivity index (χ0v) is 17.2. The van der Waals surface area contributed by atoms with Crippen molar-refractivity contribution in [3.05, 3.63) is 59.2 Å².